The zero-order chi connectivity index (χ0) is 19.6. The Balaban J connectivity index is 1.28. The fourth-order valence-corrected chi connectivity index (χ4v) is 3.80. The number of nitrogens with zero attached hydrogens (tertiary/aromatic N) is 4. The second-order valence-electron chi connectivity index (χ2n) is 7.22. The van der Waals surface area contributed by atoms with Crippen molar-refractivity contribution in [3.05, 3.63) is 72.6 Å². The second kappa shape index (κ2) is 7.43. The molecule has 4 heterocycles. The third kappa shape index (κ3) is 3.59. The molecule has 7 nitrogen and oxygen atoms in total. The van der Waals surface area contributed by atoms with Crippen LogP contribution in [0.4, 0.5) is 11.5 Å². The van der Waals surface area contributed by atoms with E-state index in [1.807, 2.05) is 48.8 Å². The molecule has 1 aliphatic heterocycles. The van der Waals surface area contributed by atoms with Gasteiger partial charge in [-0.3, -0.25) is 0 Å². The second-order valence-corrected chi connectivity index (χ2v) is 7.22. The highest BCUT2D eigenvalue weighted by Gasteiger charge is 2.21. The predicted octanol–water partition coefficient (Wildman–Crippen LogP) is 3.41. The van der Waals surface area contributed by atoms with Crippen molar-refractivity contribution >= 4 is 22.3 Å². The van der Waals surface area contributed by atoms with Crippen molar-refractivity contribution in [3.63, 3.8) is 0 Å². The number of nitrogens with one attached hydrogen (secondary N) is 1. The lowest BCUT2D eigenvalue weighted by molar-refractivity contribution is 0.160. The van der Waals surface area contributed by atoms with Gasteiger partial charge in [0.05, 0.1) is 0 Å². The summed E-state index contributed by atoms with van der Waals surface area (Å²) in [6, 6.07) is 12.0. The van der Waals surface area contributed by atoms with Gasteiger partial charge in [0.2, 0.25) is 5.88 Å². The molecule has 5 rings (SSSR count). The van der Waals surface area contributed by atoms with Crippen LogP contribution in [0.3, 0.4) is 0 Å². The first-order valence-electron chi connectivity index (χ1n) is 9.75. The highest BCUT2D eigenvalue weighted by atomic mass is 16.5. The molecule has 0 fully saturated rings. The van der Waals surface area contributed by atoms with Gasteiger partial charge in [-0.25, -0.2) is 15.0 Å². The number of nitrogen functional groups attached to an aromatic ring is 1. The molecule has 146 valence electrons. The number of ether oxygens (including phenoxy) is 1. The molecular weight excluding hydrogens is 364 g/mol. The fraction of sp³-hybridized carbons (Fsp3) is 0.227. The van der Waals surface area contributed by atoms with Crippen molar-refractivity contribution < 1.29 is 4.74 Å². The van der Waals surface area contributed by atoms with E-state index in [4.69, 9.17) is 10.5 Å². The van der Waals surface area contributed by atoms with Crippen LogP contribution in [0.2, 0.25) is 0 Å². The number of nitrogens with two attached hydrogens (primary N) is 1. The summed E-state index contributed by atoms with van der Waals surface area (Å²) in [6.45, 7) is 1.59. The van der Waals surface area contributed by atoms with Crippen LogP contribution in [0.25, 0.3) is 10.8 Å². The molecule has 0 saturated heterocycles. The number of anilines is 2. The van der Waals surface area contributed by atoms with Gasteiger partial charge < -0.3 is 20.4 Å². The van der Waals surface area contributed by atoms with Crippen LogP contribution in [0, 0.1) is 0 Å². The van der Waals surface area contributed by atoms with E-state index in [9.17, 15) is 0 Å². The SMILES string of the molecule is Nc1nccc2c(NCc3ccnc(OC4CCn5ccnc5C4)c3)cccc12. The van der Waals surface area contributed by atoms with Crippen molar-refractivity contribution in [1.82, 2.24) is 19.5 Å². The molecule has 3 aromatic heterocycles. The van der Waals surface area contributed by atoms with E-state index in [0.717, 1.165) is 47.2 Å². The van der Waals surface area contributed by atoms with E-state index < -0.39 is 0 Å². The highest BCUT2D eigenvalue weighted by molar-refractivity contribution is 5.99. The number of aryl methyl sites for hydroxylation is 1. The van der Waals surface area contributed by atoms with Crippen LogP contribution in [0.1, 0.15) is 17.8 Å². The van der Waals surface area contributed by atoms with Gasteiger partial charge in [0.1, 0.15) is 17.7 Å². The molecular formula is C22H22N6O. The molecule has 1 unspecified atom stereocenters. The lowest BCUT2D eigenvalue weighted by Crippen LogP contribution is -2.28. The third-order valence-corrected chi connectivity index (χ3v) is 5.31. The molecule has 3 N–H and O–H groups in total. The third-order valence-electron chi connectivity index (χ3n) is 5.31. The number of imidazole rings is 1. The summed E-state index contributed by atoms with van der Waals surface area (Å²) < 4.78 is 8.32. The minimum absolute atomic E-state index is 0.106. The lowest BCUT2D eigenvalue weighted by Gasteiger charge is -2.24. The summed E-state index contributed by atoms with van der Waals surface area (Å²) in [5.41, 5.74) is 8.12. The molecule has 1 aromatic carbocycles. The standard InChI is InChI=1S/C22H22N6O/c23-22-18-2-1-3-19(17(18)5-8-26-22)27-14-15-4-7-25-21(12-15)29-16-6-10-28-11-9-24-20(28)13-16/h1-5,7-9,11-12,16,27H,6,10,13-14H2,(H2,23,26). The molecule has 0 saturated carbocycles. The van der Waals surface area contributed by atoms with E-state index in [1.54, 1.807) is 12.4 Å². The summed E-state index contributed by atoms with van der Waals surface area (Å²) in [7, 11) is 0. The van der Waals surface area contributed by atoms with Crippen LogP contribution in [-0.4, -0.2) is 25.6 Å². The Morgan fingerprint density at radius 1 is 1.07 bits per heavy atom. The molecule has 0 bridgehead atoms. The summed E-state index contributed by atoms with van der Waals surface area (Å²) in [5.74, 6) is 2.27. The zero-order valence-electron chi connectivity index (χ0n) is 16.0. The van der Waals surface area contributed by atoms with Gasteiger partial charge in [-0.2, -0.15) is 0 Å². The van der Waals surface area contributed by atoms with Gasteiger partial charge >= 0.3 is 0 Å². The fourth-order valence-electron chi connectivity index (χ4n) is 3.80. The Bertz CT molecular complexity index is 1150. The van der Waals surface area contributed by atoms with Gasteiger partial charge in [-0.15, -0.1) is 0 Å². The normalized spacial score (nSPS) is 15.8. The molecule has 7 heteroatoms. The van der Waals surface area contributed by atoms with Crippen LogP contribution in [-0.2, 0) is 19.5 Å². The minimum Gasteiger partial charge on any atom is -0.474 e. The Labute approximate surface area is 168 Å². The van der Waals surface area contributed by atoms with Crippen molar-refractivity contribution in [3.8, 4) is 5.88 Å². The van der Waals surface area contributed by atoms with Crippen LogP contribution >= 0.6 is 0 Å². The molecule has 1 aliphatic rings. The molecule has 0 aliphatic carbocycles. The number of fused-ring (bicyclic) bond motifs is 2. The average Bonchev–Trinajstić information content (AvgIpc) is 3.21. The number of rotatable bonds is 5. The Morgan fingerprint density at radius 3 is 2.97 bits per heavy atom. The molecule has 0 spiro atoms. The van der Waals surface area contributed by atoms with Crippen LogP contribution < -0.4 is 15.8 Å². The van der Waals surface area contributed by atoms with E-state index in [-0.39, 0.29) is 6.10 Å². The maximum atomic E-state index is 6.14. The number of aromatic nitrogens is 4. The van der Waals surface area contributed by atoms with Gasteiger partial charge in [0.15, 0.2) is 0 Å². The summed E-state index contributed by atoms with van der Waals surface area (Å²) in [5, 5.41) is 5.50. The summed E-state index contributed by atoms with van der Waals surface area (Å²) >= 11 is 0. The monoisotopic (exact) mass is 386 g/mol. The first kappa shape index (κ1) is 17.5. The zero-order valence-corrected chi connectivity index (χ0v) is 16.0. The van der Waals surface area contributed by atoms with Crippen molar-refractivity contribution in [2.75, 3.05) is 11.1 Å². The average molecular weight is 386 g/mol. The van der Waals surface area contributed by atoms with Crippen LogP contribution in [0.5, 0.6) is 5.88 Å². The summed E-state index contributed by atoms with van der Waals surface area (Å²) in [6.07, 6.45) is 9.26. The Hall–Kier alpha value is -3.61. The van der Waals surface area contributed by atoms with Gasteiger partial charge in [-0.1, -0.05) is 12.1 Å². The molecule has 0 radical (unpaired) electrons. The van der Waals surface area contributed by atoms with E-state index in [0.29, 0.717) is 18.2 Å². The predicted molar refractivity (Wildman–Crippen MR) is 113 cm³/mol. The summed E-state index contributed by atoms with van der Waals surface area (Å²) in [4.78, 5) is 13.0. The van der Waals surface area contributed by atoms with Gasteiger partial charge in [-0.05, 0) is 23.8 Å². The lowest BCUT2D eigenvalue weighted by atomic mass is 10.1. The molecule has 4 aromatic rings. The number of benzene rings is 1. The maximum absolute atomic E-state index is 6.14. The van der Waals surface area contributed by atoms with E-state index in [1.165, 1.54) is 0 Å². The van der Waals surface area contributed by atoms with Crippen molar-refractivity contribution in [2.24, 2.45) is 0 Å². The first-order valence-corrected chi connectivity index (χ1v) is 9.75. The highest BCUT2D eigenvalue weighted by Crippen LogP contribution is 2.27. The van der Waals surface area contributed by atoms with Crippen molar-refractivity contribution in [1.29, 1.82) is 0 Å². The molecule has 29 heavy (non-hydrogen) atoms. The largest absolute Gasteiger partial charge is 0.474 e. The Kier molecular flexibility index (Phi) is 4.48. The van der Waals surface area contributed by atoms with Gasteiger partial charge in [0.25, 0.3) is 0 Å². The van der Waals surface area contributed by atoms with E-state index >= 15 is 0 Å². The Morgan fingerprint density at radius 2 is 2.00 bits per heavy atom. The number of hydrogen-bond acceptors (Lipinski definition) is 6. The first-order chi connectivity index (χ1) is 14.3. The van der Waals surface area contributed by atoms with E-state index in [2.05, 4.69) is 24.8 Å². The topological polar surface area (TPSA) is 90.9 Å². The van der Waals surface area contributed by atoms with Crippen molar-refractivity contribution in [2.45, 2.75) is 32.0 Å². The quantitative estimate of drug-likeness (QED) is 0.546. The van der Waals surface area contributed by atoms with Gasteiger partial charge in [0, 0.05) is 73.2 Å². The molecule has 0 amide bonds. The maximum Gasteiger partial charge on any atom is 0.213 e. The minimum atomic E-state index is 0.106. The number of pyridine rings is 2. The smallest absolute Gasteiger partial charge is 0.213 e. The molecule has 1 atom stereocenters. The number of hydrogen-bond donors (Lipinski definition) is 2. The van der Waals surface area contributed by atoms with Crippen LogP contribution in [0.15, 0.2) is 61.2 Å².